The Morgan fingerprint density at radius 1 is 1.00 bits per heavy atom. The van der Waals surface area contributed by atoms with E-state index >= 15 is 0 Å². The van der Waals surface area contributed by atoms with Gasteiger partial charge in [-0.1, -0.05) is 92.5 Å². The summed E-state index contributed by atoms with van der Waals surface area (Å²) in [6.45, 7) is 2.91. The van der Waals surface area contributed by atoms with Crippen molar-refractivity contribution in [2.24, 2.45) is 0 Å². The molecule has 2 heterocycles. The van der Waals surface area contributed by atoms with Gasteiger partial charge in [0.1, 0.15) is 10.8 Å². The second kappa shape index (κ2) is 7.17. The maximum absolute atomic E-state index is 13.3. The van der Waals surface area contributed by atoms with E-state index in [4.69, 9.17) is 4.74 Å². The van der Waals surface area contributed by atoms with E-state index in [1.54, 1.807) is 0 Å². The van der Waals surface area contributed by atoms with E-state index in [2.05, 4.69) is 31.9 Å². The lowest BCUT2D eigenvalue weighted by Crippen LogP contribution is -2.69. The normalized spacial score (nSPS) is 25.5. The third kappa shape index (κ3) is 2.97. The Bertz CT molecular complexity index is 1060. The first-order chi connectivity index (χ1) is 14.0. The number of nitrogens with zero attached hydrogens (tertiary/aromatic N) is 1. The quantitative estimate of drug-likeness (QED) is 0.327. The lowest BCUT2D eigenvalue weighted by Gasteiger charge is -2.45. The molecule has 2 fully saturated rings. The molecule has 2 aliphatic rings. The summed E-state index contributed by atoms with van der Waals surface area (Å²) in [5.74, 6) is -1.27. The Kier molecular flexibility index (Phi) is 5.14. The van der Waals surface area contributed by atoms with Gasteiger partial charge in [0.05, 0.1) is 0 Å². The molecule has 0 spiro atoms. The van der Waals surface area contributed by atoms with E-state index in [0.29, 0.717) is 0 Å². The van der Waals surface area contributed by atoms with Gasteiger partial charge in [-0.15, -0.1) is 0 Å². The zero-order valence-electron chi connectivity index (χ0n) is 16.2. The van der Waals surface area contributed by atoms with Gasteiger partial charge in [-0.2, -0.15) is 0 Å². The number of hydrogen-bond acceptors (Lipinski definition) is 5. The lowest BCUT2D eigenvalue weighted by molar-refractivity contribution is -0.164. The van der Waals surface area contributed by atoms with Crippen molar-refractivity contribution >= 4 is 53.6 Å². The molecule has 1 amide bonds. The Labute approximate surface area is 191 Å². The van der Waals surface area contributed by atoms with E-state index in [-0.39, 0.29) is 0 Å². The molecule has 2 atom stereocenters. The standard InChI is InChI=1S/C21H19Br2NO5S/c1-20(2)16(24-18(26)21(22,23)19(24)30(20,27)28)17(25)29-15(13-9-5-3-6-10-13)14-11-7-4-8-12-14/h3-12,15-16,19H,1-2H3. The third-order valence-electron chi connectivity index (χ3n) is 5.71. The maximum atomic E-state index is 13.3. The fraction of sp³-hybridized carbons (Fsp3) is 0.333. The Morgan fingerprint density at radius 3 is 1.93 bits per heavy atom. The molecule has 2 saturated heterocycles. The van der Waals surface area contributed by atoms with Crippen LogP contribution in [-0.4, -0.2) is 44.6 Å². The molecule has 158 valence electrons. The van der Waals surface area contributed by atoms with Crippen LogP contribution in [0, 0.1) is 0 Å². The number of alkyl halides is 2. The number of carbonyl (C=O) groups is 2. The minimum absolute atomic E-state index is 0.514. The van der Waals surface area contributed by atoms with Gasteiger partial charge >= 0.3 is 5.97 Å². The summed E-state index contributed by atoms with van der Waals surface area (Å²) in [5.41, 5.74) is 1.50. The molecule has 2 unspecified atom stereocenters. The molecule has 6 nitrogen and oxygen atoms in total. The summed E-state index contributed by atoms with van der Waals surface area (Å²) in [4.78, 5) is 27.1. The van der Waals surface area contributed by atoms with Gasteiger partial charge < -0.3 is 9.64 Å². The first kappa shape index (κ1) is 21.5. The zero-order chi connectivity index (χ0) is 21.9. The molecule has 4 rings (SSSR count). The van der Waals surface area contributed by atoms with Crippen molar-refractivity contribution in [3.05, 3.63) is 71.8 Å². The van der Waals surface area contributed by atoms with Crippen molar-refractivity contribution in [2.45, 2.75) is 39.3 Å². The van der Waals surface area contributed by atoms with Crippen LogP contribution < -0.4 is 0 Å². The average Bonchev–Trinajstić information content (AvgIpc) is 2.88. The number of amides is 1. The fourth-order valence-electron chi connectivity index (χ4n) is 4.03. The van der Waals surface area contributed by atoms with Crippen molar-refractivity contribution in [3.8, 4) is 0 Å². The van der Waals surface area contributed by atoms with Gasteiger partial charge in [-0.3, -0.25) is 4.79 Å². The molecule has 2 aromatic carbocycles. The van der Waals surface area contributed by atoms with Crippen LogP contribution in [0.15, 0.2) is 60.7 Å². The second-order valence-electron chi connectivity index (χ2n) is 7.88. The van der Waals surface area contributed by atoms with Crippen LogP contribution in [0.1, 0.15) is 31.1 Å². The van der Waals surface area contributed by atoms with Crippen molar-refractivity contribution in [1.29, 1.82) is 0 Å². The van der Waals surface area contributed by atoms with Crippen LogP contribution in [0.3, 0.4) is 0 Å². The molecular formula is C21H19Br2NO5S. The van der Waals surface area contributed by atoms with E-state index < -0.39 is 47.2 Å². The number of halogens is 2. The second-order valence-corrected chi connectivity index (χ2v) is 14.0. The van der Waals surface area contributed by atoms with E-state index in [1.807, 2.05) is 60.7 Å². The average molecular weight is 557 g/mol. The summed E-state index contributed by atoms with van der Waals surface area (Å²) in [5, 5.41) is -1.18. The minimum Gasteiger partial charge on any atom is -0.451 e. The molecule has 2 aliphatic heterocycles. The summed E-state index contributed by atoms with van der Waals surface area (Å²) < 4.78 is 29.2. The Morgan fingerprint density at radius 2 is 1.47 bits per heavy atom. The smallest absolute Gasteiger partial charge is 0.331 e. The molecule has 0 bridgehead atoms. The molecule has 0 saturated carbocycles. The van der Waals surface area contributed by atoms with Crippen LogP contribution in [-0.2, 0) is 24.2 Å². The summed E-state index contributed by atoms with van der Waals surface area (Å²) in [7, 11) is -3.85. The number of rotatable bonds is 4. The molecule has 9 heteroatoms. The topological polar surface area (TPSA) is 80.8 Å². The number of fused-ring (bicyclic) bond motifs is 1. The van der Waals surface area contributed by atoms with E-state index in [1.165, 1.54) is 13.8 Å². The van der Waals surface area contributed by atoms with Gasteiger partial charge in [-0.05, 0) is 25.0 Å². The first-order valence-corrected chi connectivity index (χ1v) is 12.4. The Hall–Kier alpha value is -1.71. The zero-order valence-corrected chi connectivity index (χ0v) is 20.1. The predicted molar refractivity (Wildman–Crippen MR) is 119 cm³/mol. The number of esters is 1. The highest BCUT2D eigenvalue weighted by atomic mass is 79.9. The minimum atomic E-state index is -3.85. The molecule has 30 heavy (non-hydrogen) atoms. The first-order valence-electron chi connectivity index (χ1n) is 9.25. The van der Waals surface area contributed by atoms with Gasteiger partial charge in [0.25, 0.3) is 5.91 Å². The highest BCUT2D eigenvalue weighted by Gasteiger charge is 2.77. The highest BCUT2D eigenvalue weighted by molar-refractivity contribution is 9.26. The van der Waals surface area contributed by atoms with Crippen LogP contribution in [0.5, 0.6) is 0 Å². The molecule has 0 aromatic heterocycles. The number of sulfone groups is 1. The molecule has 0 aliphatic carbocycles. The number of hydrogen-bond donors (Lipinski definition) is 0. The fourth-order valence-corrected chi connectivity index (χ4v) is 8.46. The van der Waals surface area contributed by atoms with Crippen LogP contribution >= 0.6 is 31.9 Å². The molecule has 2 aromatic rings. The van der Waals surface area contributed by atoms with Crippen LogP contribution in [0.25, 0.3) is 0 Å². The van der Waals surface area contributed by atoms with E-state index in [0.717, 1.165) is 16.0 Å². The van der Waals surface area contributed by atoms with Gasteiger partial charge in [0, 0.05) is 0 Å². The highest BCUT2D eigenvalue weighted by Crippen LogP contribution is 2.57. The molecular weight excluding hydrogens is 538 g/mol. The number of benzene rings is 2. The number of β-lactam (4-membered cyclic amide) rings is 1. The Balaban J connectivity index is 1.72. The summed E-state index contributed by atoms with van der Waals surface area (Å²) in [6.07, 6.45) is -0.730. The van der Waals surface area contributed by atoms with Gasteiger partial charge in [-0.25, -0.2) is 13.2 Å². The summed E-state index contributed by atoms with van der Waals surface area (Å²) in [6, 6.07) is 17.1. The van der Waals surface area contributed by atoms with Gasteiger partial charge in [0.2, 0.25) is 0 Å². The molecule has 0 radical (unpaired) electrons. The SMILES string of the molecule is CC1(C)C(C(=O)OC(c2ccccc2)c2ccccc2)N2C(=O)C(Br)(Br)C2S1(=O)=O. The largest absolute Gasteiger partial charge is 0.451 e. The van der Waals surface area contributed by atoms with Crippen LogP contribution in [0.4, 0.5) is 0 Å². The summed E-state index contributed by atoms with van der Waals surface area (Å²) >= 11 is 6.32. The van der Waals surface area contributed by atoms with Crippen molar-refractivity contribution < 1.29 is 22.7 Å². The van der Waals surface area contributed by atoms with Crippen molar-refractivity contribution in [3.63, 3.8) is 0 Å². The number of carbonyl (C=O) groups excluding carboxylic acids is 2. The van der Waals surface area contributed by atoms with Gasteiger partial charge in [0.15, 0.2) is 24.5 Å². The number of ether oxygens (including phenoxy) is 1. The van der Waals surface area contributed by atoms with Crippen molar-refractivity contribution in [1.82, 2.24) is 4.90 Å². The van der Waals surface area contributed by atoms with E-state index in [9.17, 15) is 18.0 Å². The maximum Gasteiger partial charge on any atom is 0.331 e. The third-order valence-corrected chi connectivity index (χ3v) is 10.7. The molecule has 0 N–H and O–H groups in total. The predicted octanol–water partition coefficient (Wildman–Crippen LogP) is 3.55. The van der Waals surface area contributed by atoms with Crippen molar-refractivity contribution in [2.75, 3.05) is 0 Å². The lowest BCUT2D eigenvalue weighted by atomic mass is 9.97. The van der Waals surface area contributed by atoms with Crippen LogP contribution in [0.2, 0.25) is 0 Å². The monoisotopic (exact) mass is 555 g/mol.